The maximum absolute atomic E-state index is 14.8. The van der Waals surface area contributed by atoms with E-state index >= 15 is 0 Å². The van der Waals surface area contributed by atoms with E-state index in [2.05, 4.69) is 83.1 Å². The molecule has 0 heterocycles. The summed E-state index contributed by atoms with van der Waals surface area (Å²) in [5, 5.41) is 23.3. The third kappa shape index (κ3) is 5.83. The largest absolute Gasteiger partial charge is 0.507 e. The molecule has 50 heavy (non-hydrogen) atoms. The number of phenols is 2. The van der Waals surface area contributed by atoms with Gasteiger partial charge in [0.25, 0.3) is 0 Å². The van der Waals surface area contributed by atoms with E-state index in [1.54, 1.807) is 12.1 Å². The molecule has 0 atom stereocenters. The van der Waals surface area contributed by atoms with Crippen molar-refractivity contribution in [1.82, 2.24) is 0 Å². The van der Waals surface area contributed by atoms with Gasteiger partial charge in [0.05, 0.1) is 5.57 Å². The number of Topliss-reactive ketones (excluding diaryl/α,β-unsaturated/α-hetero) is 2. The van der Waals surface area contributed by atoms with E-state index in [1.807, 2.05) is 60.7 Å². The molecule has 0 amide bonds. The number of benzene rings is 4. The Morgan fingerprint density at radius 1 is 0.380 bits per heavy atom. The highest BCUT2D eigenvalue weighted by molar-refractivity contribution is 6.42. The lowest BCUT2D eigenvalue weighted by molar-refractivity contribution is 0.0964. The summed E-state index contributed by atoms with van der Waals surface area (Å²) >= 11 is 0. The van der Waals surface area contributed by atoms with Crippen molar-refractivity contribution < 1.29 is 19.8 Å². The summed E-state index contributed by atoms with van der Waals surface area (Å²) in [4.78, 5) is 29.6. The Hall–Kier alpha value is -4.70. The average Bonchev–Trinajstić information content (AvgIpc) is 3.74. The van der Waals surface area contributed by atoms with Gasteiger partial charge >= 0.3 is 0 Å². The van der Waals surface area contributed by atoms with Crippen LogP contribution in [-0.4, -0.2) is 21.8 Å². The average molecular weight is 667 g/mol. The molecule has 0 aliphatic heterocycles. The molecular weight excluding hydrogens is 617 g/mol. The summed E-state index contributed by atoms with van der Waals surface area (Å²) in [6.45, 7) is 25.0. The number of rotatable bonds is 2. The minimum atomic E-state index is -0.383. The molecule has 2 N–H and O–H groups in total. The van der Waals surface area contributed by atoms with Crippen molar-refractivity contribution in [3.8, 4) is 22.6 Å². The molecule has 4 heteroatoms. The molecule has 4 aromatic carbocycles. The van der Waals surface area contributed by atoms with Crippen molar-refractivity contribution in [2.45, 2.75) is 105 Å². The molecule has 0 aromatic heterocycles. The van der Waals surface area contributed by atoms with Crippen LogP contribution in [0.1, 0.15) is 137 Å². The summed E-state index contributed by atoms with van der Waals surface area (Å²) in [6.07, 6.45) is 0. The smallest absolute Gasteiger partial charge is 0.198 e. The van der Waals surface area contributed by atoms with Crippen LogP contribution in [0.3, 0.4) is 0 Å². The zero-order chi connectivity index (χ0) is 36.9. The quantitative estimate of drug-likeness (QED) is 0.165. The van der Waals surface area contributed by atoms with E-state index in [1.165, 1.54) is 0 Å². The molecule has 0 spiro atoms. The number of allylic oxidation sites excluding steroid dienone is 4. The van der Waals surface area contributed by atoms with E-state index in [-0.39, 0.29) is 50.3 Å². The lowest BCUT2D eigenvalue weighted by Gasteiger charge is -2.28. The number of ketones is 2. The summed E-state index contributed by atoms with van der Waals surface area (Å²) < 4.78 is 0. The second-order valence-corrected chi connectivity index (χ2v) is 18.1. The van der Waals surface area contributed by atoms with Crippen molar-refractivity contribution in [3.05, 3.63) is 128 Å². The standard InChI is InChI=1S/C46H50O4/c1-43(2,3)31-21-25(22-32(41(31)49)44(4,5)6)35-36(26-23-33(45(7,8)9)42(50)34(24-26)46(10,11)12)37(35)38-39(47)29-19-15-13-17-27(29)28-18-14-16-20-30(28)40(38)48/h13-24,49-50H,1-12H3. The summed E-state index contributed by atoms with van der Waals surface area (Å²) in [5.41, 5.74) is 8.25. The van der Waals surface area contributed by atoms with Crippen molar-refractivity contribution in [2.24, 2.45) is 0 Å². The first-order valence-corrected chi connectivity index (χ1v) is 17.6. The van der Waals surface area contributed by atoms with Gasteiger partial charge in [-0.2, -0.15) is 0 Å². The lowest BCUT2D eigenvalue weighted by Crippen LogP contribution is -2.17. The number of fused-ring (bicyclic) bond motifs is 3. The van der Waals surface area contributed by atoms with Gasteiger partial charge in [0.2, 0.25) is 0 Å². The first kappa shape index (κ1) is 35.1. The summed E-state index contributed by atoms with van der Waals surface area (Å²) in [5.74, 6) is -0.0723. The van der Waals surface area contributed by atoms with Crippen LogP contribution in [0.15, 0.2) is 83.9 Å². The number of aromatic hydroxyl groups is 2. The highest BCUT2D eigenvalue weighted by Gasteiger charge is 2.44. The number of phenolic OH excluding ortho intramolecular Hbond substituents is 2. The monoisotopic (exact) mass is 666 g/mol. The van der Waals surface area contributed by atoms with Crippen molar-refractivity contribution in [3.63, 3.8) is 0 Å². The number of hydrogen-bond donors (Lipinski definition) is 2. The van der Waals surface area contributed by atoms with Gasteiger partial charge in [-0.15, -0.1) is 0 Å². The van der Waals surface area contributed by atoms with Crippen molar-refractivity contribution in [2.75, 3.05) is 0 Å². The second-order valence-electron chi connectivity index (χ2n) is 18.1. The van der Waals surface area contributed by atoms with Gasteiger partial charge in [-0.3, -0.25) is 9.59 Å². The van der Waals surface area contributed by atoms with Gasteiger partial charge in [0.15, 0.2) is 11.6 Å². The predicted octanol–water partition coefficient (Wildman–Crippen LogP) is 11.3. The molecule has 0 fully saturated rings. The summed E-state index contributed by atoms with van der Waals surface area (Å²) in [6, 6.07) is 23.0. The van der Waals surface area contributed by atoms with E-state index in [9.17, 15) is 19.8 Å². The Kier molecular flexibility index (Phi) is 8.02. The molecule has 2 aliphatic rings. The van der Waals surface area contributed by atoms with Gasteiger partial charge in [0, 0.05) is 39.0 Å². The van der Waals surface area contributed by atoms with Gasteiger partial charge in [-0.1, -0.05) is 132 Å². The van der Waals surface area contributed by atoms with Crippen LogP contribution in [0.5, 0.6) is 11.5 Å². The predicted molar refractivity (Wildman–Crippen MR) is 205 cm³/mol. The molecule has 4 aromatic rings. The lowest BCUT2D eigenvalue weighted by atomic mass is 9.78. The first-order valence-electron chi connectivity index (χ1n) is 17.6. The Labute approximate surface area is 297 Å². The van der Waals surface area contributed by atoms with E-state index in [0.29, 0.717) is 16.7 Å². The van der Waals surface area contributed by atoms with E-state index < -0.39 is 0 Å². The Morgan fingerprint density at radius 3 is 0.900 bits per heavy atom. The fourth-order valence-electron chi connectivity index (χ4n) is 7.29. The minimum absolute atomic E-state index is 0.151. The fraction of sp³-hybridized carbons (Fsp3) is 0.348. The molecule has 0 saturated carbocycles. The van der Waals surface area contributed by atoms with Gasteiger partial charge in [0.1, 0.15) is 11.5 Å². The molecule has 6 rings (SSSR count). The maximum Gasteiger partial charge on any atom is 0.198 e. The SMILES string of the molecule is CC(C)(C)c1cc(C2=C(c3cc(C(C)(C)C)c(O)c(C(C)(C)C)c3)C2=C2C(=O)c3ccccc3-c3ccccc3C2=O)cc(C(C)(C)C)c1O. The van der Waals surface area contributed by atoms with E-state index in [0.717, 1.165) is 55.7 Å². The van der Waals surface area contributed by atoms with Gasteiger partial charge in [-0.05, 0) is 79.3 Å². The highest BCUT2D eigenvalue weighted by atomic mass is 16.3. The molecule has 0 unspecified atom stereocenters. The van der Waals surface area contributed by atoms with Crippen LogP contribution in [0.25, 0.3) is 22.3 Å². The van der Waals surface area contributed by atoms with Crippen LogP contribution >= 0.6 is 0 Å². The number of hydrogen-bond acceptors (Lipinski definition) is 4. The first-order chi connectivity index (χ1) is 23.0. The van der Waals surface area contributed by atoms with Crippen LogP contribution in [0, 0.1) is 0 Å². The van der Waals surface area contributed by atoms with Crippen LogP contribution in [0.4, 0.5) is 0 Å². The normalized spacial score (nSPS) is 15.3. The van der Waals surface area contributed by atoms with Gasteiger partial charge < -0.3 is 10.2 Å². The second kappa shape index (κ2) is 11.4. The topological polar surface area (TPSA) is 74.6 Å². The third-order valence-corrected chi connectivity index (χ3v) is 10.1. The molecule has 4 nitrogen and oxygen atoms in total. The number of carbonyl (C=O) groups is 2. The van der Waals surface area contributed by atoms with Crippen LogP contribution in [0.2, 0.25) is 0 Å². The molecule has 0 saturated heterocycles. The third-order valence-electron chi connectivity index (χ3n) is 10.1. The Bertz CT molecular complexity index is 1950. The van der Waals surface area contributed by atoms with Crippen molar-refractivity contribution in [1.29, 1.82) is 0 Å². The zero-order valence-corrected chi connectivity index (χ0v) is 31.6. The Morgan fingerprint density at radius 2 is 0.640 bits per heavy atom. The number of carbonyl (C=O) groups excluding carboxylic acids is 2. The molecule has 258 valence electrons. The zero-order valence-electron chi connectivity index (χ0n) is 31.6. The molecule has 0 bridgehead atoms. The molecular formula is C46H50O4. The summed E-state index contributed by atoms with van der Waals surface area (Å²) in [7, 11) is 0. The van der Waals surface area contributed by atoms with Crippen LogP contribution in [-0.2, 0) is 21.7 Å². The Balaban J connectivity index is 1.76. The highest BCUT2D eigenvalue weighted by Crippen LogP contribution is 2.58. The minimum Gasteiger partial charge on any atom is -0.507 e. The van der Waals surface area contributed by atoms with Crippen LogP contribution < -0.4 is 0 Å². The van der Waals surface area contributed by atoms with Gasteiger partial charge in [-0.25, -0.2) is 0 Å². The van der Waals surface area contributed by atoms with Crippen molar-refractivity contribution >= 4 is 22.7 Å². The van der Waals surface area contributed by atoms with E-state index in [4.69, 9.17) is 0 Å². The fourth-order valence-corrected chi connectivity index (χ4v) is 7.29. The molecule has 2 aliphatic carbocycles. The maximum atomic E-state index is 14.8. The molecule has 0 radical (unpaired) electrons.